The number of carbonyl (C=O) groups is 2. The minimum absolute atomic E-state index is 0.0594. The van der Waals surface area contributed by atoms with E-state index < -0.39 is 11.9 Å². The van der Waals surface area contributed by atoms with Gasteiger partial charge < -0.3 is 10.0 Å². The van der Waals surface area contributed by atoms with Crippen molar-refractivity contribution >= 4 is 34.5 Å². The van der Waals surface area contributed by atoms with Gasteiger partial charge in [0.2, 0.25) is 0 Å². The van der Waals surface area contributed by atoms with Crippen LogP contribution in [0.2, 0.25) is 0 Å². The first-order valence-electron chi connectivity index (χ1n) is 6.66. The number of rotatable bonds is 2. The first-order chi connectivity index (χ1) is 9.38. The average molecular weight is 387 g/mol. The third-order valence-corrected chi connectivity index (χ3v) is 4.59. The number of likely N-dealkylation sites (tertiary alicyclic amines) is 1. The second-order valence-corrected chi connectivity index (χ2v) is 6.73. The van der Waals surface area contributed by atoms with Gasteiger partial charge in [-0.1, -0.05) is 18.6 Å². The number of aryl methyl sites for hydroxylation is 1. The predicted octanol–water partition coefficient (Wildman–Crippen LogP) is 2.78. The molecule has 1 N–H and O–H groups in total. The molecule has 0 radical (unpaired) electrons. The lowest BCUT2D eigenvalue weighted by Gasteiger charge is -2.35. The lowest BCUT2D eigenvalue weighted by Crippen LogP contribution is -2.45. The molecule has 1 heterocycles. The summed E-state index contributed by atoms with van der Waals surface area (Å²) in [5.74, 6) is -1.11. The maximum Gasteiger partial charge on any atom is 0.308 e. The van der Waals surface area contributed by atoms with Crippen LogP contribution in [0.15, 0.2) is 18.2 Å². The van der Waals surface area contributed by atoms with Crippen LogP contribution in [0.25, 0.3) is 0 Å². The Hall–Kier alpha value is -1.11. The minimum atomic E-state index is -0.812. The highest BCUT2D eigenvalue weighted by atomic mass is 127. The van der Waals surface area contributed by atoms with Crippen LogP contribution in [0.3, 0.4) is 0 Å². The summed E-state index contributed by atoms with van der Waals surface area (Å²) in [6.07, 6.45) is 0.643. The van der Waals surface area contributed by atoms with E-state index in [0.29, 0.717) is 25.1 Å². The van der Waals surface area contributed by atoms with Crippen molar-refractivity contribution in [1.82, 2.24) is 4.90 Å². The van der Waals surface area contributed by atoms with Crippen LogP contribution in [0.4, 0.5) is 0 Å². The monoisotopic (exact) mass is 387 g/mol. The molecule has 5 heteroatoms. The lowest BCUT2D eigenvalue weighted by atomic mass is 9.90. The van der Waals surface area contributed by atoms with Gasteiger partial charge in [-0.3, -0.25) is 9.59 Å². The maximum atomic E-state index is 12.6. The third-order valence-electron chi connectivity index (χ3n) is 3.65. The number of carboxylic acids is 1. The summed E-state index contributed by atoms with van der Waals surface area (Å²) in [6, 6.07) is 5.77. The Morgan fingerprint density at radius 2 is 2.05 bits per heavy atom. The van der Waals surface area contributed by atoms with E-state index in [2.05, 4.69) is 22.6 Å². The third kappa shape index (κ3) is 3.31. The lowest BCUT2D eigenvalue weighted by molar-refractivity contribution is -0.143. The number of aliphatic carboxylic acids is 1. The van der Waals surface area contributed by atoms with E-state index in [1.54, 1.807) is 4.90 Å². The molecule has 108 valence electrons. The van der Waals surface area contributed by atoms with Crippen molar-refractivity contribution in [2.75, 3.05) is 13.1 Å². The predicted molar refractivity (Wildman–Crippen MR) is 84.7 cm³/mol. The van der Waals surface area contributed by atoms with Gasteiger partial charge in [0, 0.05) is 16.7 Å². The van der Waals surface area contributed by atoms with E-state index in [0.717, 1.165) is 9.13 Å². The first-order valence-corrected chi connectivity index (χ1v) is 7.74. The normalized spacial score (nSPS) is 22.6. The zero-order valence-corrected chi connectivity index (χ0v) is 13.8. The second-order valence-electron chi connectivity index (χ2n) is 5.57. The topological polar surface area (TPSA) is 57.6 Å². The molecule has 1 aliphatic heterocycles. The molecule has 2 unspecified atom stereocenters. The molecule has 1 saturated heterocycles. The fourth-order valence-corrected chi connectivity index (χ4v) is 3.24. The molecule has 0 spiro atoms. The van der Waals surface area contributed by atoms with E-state index in [-0.39, 0.29) is 11.8 Å². The molecule has 2 atom stereocenters. The van der Waals surface area contributed by atoms with Crippen molar-refractivity contribution in [1.29, 1.82) is 0 Å². The zero-order valence-electron chi connectivity index (χ0n) is 11.6. The summed E-state index contributed by atoms with van der Waals surface area (Å²) in [5.41, 5.74) is 1.71. The number of nitrogens with zero attached hydrogens (tertiary/aromatic N) is 1. The van der Waals surface area contributed by atoms with Gasteiger partial charge in [0.25, 0.3) is 5.91 Å². The average Bonchev–Trinajstić information content (AvgIpc) is 2.40. The van der Waals surface area contributed by atoms with Crippen LogP contribution in [0.1, 0.15) is 29.3 Å². The van der Waals surface area contributed by atoms with E-state index in [1.165, 1.54) is 0 Å². The molecule has 1 fully saturated rings. The fourth-order valence-electron chi connectivity index (χ4n) is 2.67. The molecule has 0 aliphatic carbocycles. The Labute approximate surface area is 132 Å². The second kappa shape index (κ2) is 6.11. The van der Waals surface area contributed by atoms with E-state index in [1.807, 2.05) is 32.0 Å². The van der Waals surface area contributed by atoms with Crippen molar-refractivity contribution < 1.29 is 14.7 Å². The molecule has 0 aromatic heterocycles. The molecule has 1 aliphatic rings. The quantitative estimate of drug-likeness (QED) is 0.795. The van der Waals surface area contributed by atoms with Gasteiger partial charge in [-0.05, 0) is 54.0 Å². The van der Waals surface area contributed by atoms with Gasteiger partial charge in [0.05, 0.1) is 11.5 Å². The van der Waals surface area contributed by atoms with Crippen LogP contribution >= 0.6 is 22.6 Å². The Morgan fingerprint density at radius 1 is 1.35 bits per heavy atom. The first kappa shape index (κ1) is 15.3. The summed E-state index contributed by atoms with van der Waals surface area (Å²) in [6.45, 7) is 4.89. The summed E-state index contributed by atoms with van der Waals surface area (Å²) in [4.78, 5) is 25.5. The van der Waals surface area contributed by atoms with Gasteiger partial charge in [0.15, 0.2) is 0 Å². The van der Waals surface area contributed by atoms with Crippen LogP contribution in [0, 0.1) is 22.3 Å². The Bertz CT molecular complexity index is 544. The molecule has 1 aromatic carbocycles. The summed E-state index contributed by atoms with van der Waals surface area (Å²) < 4.78 is 0.906. The summed E-state index contributed by atoms with van der Waals surface area (Å²) in [7, 11) is 0. The summed E-state index contributed by atoms with van der Waals surface area (Å²) >= 11 is 2.15. The number of piperidine rings is 1. The van der Waals surface area contributed by atoms with Crippen LogP contribution in [-0.4, -0.2) is 35.0 Å². The Balaban J connectivity index is 2.23. The summed E-state index contributed by atoms with van der Waals surface area (Å²) in [5, 5.41) is 9.19. The molecule has 0 bridgehead atoms. The van der Waals surface area contributed by atoms with Crippen LogP contribution in [0.5, 0.6) is 0 Å². The van der Waals surface area contributed by atoms with Gasteiger partial charge in [0.1, 0.15) is 0 Å². The zero-order chi connectivity index (χ0) is 14.9. The van der Waals surface area contributed by atoms with Crippen molar-refractivity contribution in [3.63, 3.8) is 0 Å². The molecular weight excluding hydrogens is 369 g/mol. The molecule has 4 nitrogen and oxygen atoms in total. The van der Waals surface area contributed by atoms with Crippen LogP contribution in [-0.2, 0) is 4.79 Å². The number of halogens is 1. The molecular formula is C15H18INO3. The standard InChI is InChI=1S/C15H18INO3/c1-9-3-4-13(16)12(6-9)14(18)17-7-10(2)5-11(8-17)15(19)20/h3-4,6,10-11H,5,7-8H2,1-2H3,(H,19,20). The van der Waals surface area contributed by atoms with Gasteiger partial charge in [-0.25, -0.2) is 0 Å². The highest BCUT2D eigenvalue weighted by molar-refractivity contribution is 14.1. The Kier molecular flexibility index (Phi) is 4.67. The van der Waals surface area contributed by atoms with E-state index in [4.69, 9.17) is 0 Å². The number of hydrogen-bond acceptors (Lipinski definition) is 2. The fraction of sp³-hybridized carbons (Fsp3) is 0.467. The van der Waals surface area contributed by atoms with Crippen LogP contribution < -0.4 is 0 Å². The van der Waals surface area contributed by atoms with Crippen molar-refractivity contribution in [3.05, 3.63) is 32.9 Å². The van der Waals surface area contributed by atoms with Crippen molar-refractivity contribution in [3.8, 4) is 0 Å². The van der Waals surface area contributed by atoms with Crippen molar-refractivity contribution in [2.24, 2.45) is 11.8 Å². The van der Waals surface area contributed by atoms with Gasteiger partial charge >= 0.3 is 5.97 Å². The molecule has 0 saturated carbocycles. The van der Waals surface area contributed by atoms with Gasteiger partial charge in [-0.15, -0.1) is 0 Å². The number of amides is 1. The maximum absolute atomic E-state index is 12.6. The smallest absolute Gasteiger partial charge is 0.308 e. The van der Waals surface area contributed by atoms with Gasteiger partial charge in [-0.2, -0.15) is 0 Å². The number of carboxylic acid groups (broad SMARTS) is 1. The minimum Gasteiger partial charge on any atom is -0.481 e. The Morgan fingerprint density at radius 3 is 2.70 bits per heavy atom. The molecule has 1 aromatic rings. The molecule has 1 amide bonds. The molecule has 2 rings (SSSR count). The van der Waals surface area contributed by atoms with E-state index >= 15 is 0 Å². The number of hydrogen-bond donors (Lipinski definition) is 1. The highest BCUT2D eigenvalue weighted by Crippen LogP contribution is 2.25. The SMILES string of the molecule is Cc1ccc(I)c(C(=O)N2CC(C)CC(C(=O)O)C2)c1. The van der Waals surface area contributed by atoms with E-state index in [9.17, 15) is 14.7 Å². The number of benzene rings is 1. The largest absolute Gasteiger partial charge is 0.481 e. The highest BCUT2D eigenvalue weighted by Gasteiger charge is 2.32. The van der Waals surface area contributed by atoms with Crippen molar-refractivity contribution in [2.45, 2.75) is 20.3 Å². The molecule has 20 heavy (non-hydrogen) atoms. The number of carbonyl (C=O) groups excluding carboxylic acids is 1.